The molecule has 4 rings (SSSR count). The minimum absolute atomic E-state index is 0.278. The van der Waals surface area contributed by atoms with Crippen LogP contribution < -0.4 is 15.2 Å². The summed E-state index contributed by atoms with van der Waals surface area (Å²) in [6.45, 7) is 4.54. The third-order valence-corrected chi connectivity index (χ3v) is 6.80. The Labute approximate surface area is 202 Å². The normalized spacial score (nSPS) is 15.0. The van der Waals surface area contributed by atoms with E-state index in [1.807, 2.05) is 61.5 Å². The molecule has 0 spiro atoms. The molecule has 1 fully saturated rings. The Hall–Kier alpha value is -3.10. The Bertz CT molecular complexity index is 1290. The maximum atomic E-state index is 13.4. The van der Waals surface area contributed by atoms with Gasteiger partial charge in [-0.15, -0.1) is 0 Å². The zero-order valence-electron chi connectivity index (χ0n) is 18.8. The van der Waals surface area contributed by atoms with Gasteiger partial charge in [-0.2, -0.15) is 0 Å². The van der Waals surface area contributed by atoms with Crippen LogP contribution in [-0.4, -0.2) is 26.2 Å². The first-order valence-corrected chi connectivity index (χ1v) is 12.0. The number of nitrogens with zero attached hydrogens (tertiary/aromatic N) is 3. The number of hydrogen-bond donors (Lipinski definition) is 0. The fourth-order valence-electron chi connectivity index (χ4n) is 3.67. The lowest BCUT2D eigenvalue weighted by Crippen LogP contribution is -2.33. The van der Waals surface area contributed by atoms with E-state index in [1.54, 1.807) is 22.5 Å². The second-order valence-electron chi connectivity index (χ2n) is 7.67. The minimum atomic E-state index is -0.306. The number of carbonyl (C=O) groups is 1. The molecule has 0 aliphatic carbocycles. The van der Waals surface area contributed by atoms with Crippen LogP contribution in [0.4, 0.5) is 5.69 Å². The third-order valence-electron chi connectivity index (χ3n) is 5.50. The molecule has 1 aliphatic heterocycles. The van der Waals surface area contributed by atoms with Crippen molar-refractivity contribution in [2.24, 2.45) is 7.05 Å². The monoisotopic (exact) mass is 479 g/mol. The average Bonchev–Trinajstić information content (AvgIpc) is 3.20. The number of thioether (sulfide) groups is 1. The summed E-state index contributed by atoms with van der Waals surface area (Å²) in [5.74, 6) is 0.415. The van der Waals surface area contributed by atoms with Crippen molar-refractivity contribution in [1.29, 1.82) is 0 Å². The van der Waals surface area contributed by atoms with Gasteiger partial charge in [0.1, 0.15) is 11.4 Å². The van der Waals surface area contributed by atoms with E-state index in [1.165, 1.54) is 16.7 Å². The molecule has 33 heavy (non-hydrogen) atoms. The summed E-state index contributed by atoms with van der Waals surface area (Å²) >= 11 is 6.73. The molecule has 6 nitrogen and oxygen atoms in total. The number of thiocarbonyl (C=S) groups is 1. The van der Waals surface area contributed by atoms with Crippen molar-refractivity contribution in [3.05, 3.63) is 81.1 Å². The van der Waals surface area contributed by atoms with Gasteiger partial charge in [0.25, 0.3) is 11.5 Å². The molecular weight excluding hydrogens is 454 g/mol. The maximum absolute atomic E-state index is 13.4. The quantitative estimate of drug-likeness (QED) is 0.269. The summed E-state index contributed by atoms with van der Waals surface area (Å²) in [7, 11) is 1.80. The second kappa shape index (κ2) is 9.80. The van der Waals surface area contributed by atoms with Crippen LogP contribution in [0.15, 0.2) is 64.3 Å². The van der Waals surface area contributed by atoms with Gasteiger partial charge < -0.3 is 4.74 Å². The molecule has 0 N–H and O–H groups in total. The standard InChI is InChI=1S/C25H25N3O3S2/c1-4-5-15-31-20-14-10-9-11-18(20)16-21-23(29)27(25(32)33-21)22-17(2)26(3)28(24(22)30)19-12-7-6-8-13-19/h6-14,16H,4-5,15H2,1-3H3. The number of unbranched alkanes of at least 4 members (excludes halogenated alkanes) is 1. The average molecular weight is 480 g/mol. The van der Waals surface area contributed by atoms with E-state index in [9.17, 15) is 9.59 Å². The molecular formula is C25H25N3O3S2. The molecule has 1 aliphatic rings. The topological polar surface area (TPSA) is 56.5 Å². The largest absolute Gasteiger partial charge is 0.493 e. The highest BCUT2D eigenvalue weighted by molar-refractivity contribution is 8.27. The van der Waals surface area contributed by atoms with Crippen molar-refractivity contribution < 1.29 is 9.53 Å². The summed E-state index contributed by atoms with van der Waals surface area (Å²) in [6, 6.07) is 16.9. The van der Waals surface area contributed by atoms with Crippen LogP contribution in [0.1, 0.15) is 31.0 Å². The molecule has 1 saturated heterocycles. The van der Waals surface area contributed by atoms with Gasteiger partial charge in [0.2, 0.25) is 0 Å². The van der Waals surface area contributed by atoms with Crippen LogP contribution in [0, 0.1) is 6.92 Å². The molecule has 8 heteroatoms. The summed E-state index contributed by atoms with van der Waals surface area (Å²) in [4.78, 5) is 28.6. The van der Waals surface area contributed by atoms with E-state index >= 15 is 0 Å². The van der Waals surface area contributed by atoms with Crippen LogP contribution in [0.2, 0.25) is 0 Å². The molecule has 2 heterocycles. The zero-order valence-corrected chi connectivity index (χ0v) is 20.4. The number of anilines is 1. The van der Waals surface area contributed by atoms with E-state index in [0.717, 1.165) is 29.8 Å². The first-order valence-electron chi connectivity index (χ1n) is 10.8. The Morgan fingerprint density at radius 2 is 1.76 bits per heavy atom. The highest BCUT2D eigenvalue weighted by Crippen LogP contribution is 2.37. The van der Waals surface area contributed by atoms with Gasteiger partial charge in [0, 0.05) is 12.6 Å². The fraction of sp³-hybridized carbons (Fsp3) is 0.240. The van der Waals surface area contributed by atoms with Gasteiger partial charge >= 0.3 is 0 Å². The Kier molecular flexibility index (Phi) is 6.85. The van der Waals surface area contributed by atoms with E-state index in [-0.39, 0.29) is 17.2 Å². The molecule has 0 radical (unpaired) electrons. The van der Waals surface area contributed by atoms with E-state index in [2.05, 4.69) is 6.92 Å². The van der Waals surface area contributed by atoms with E-state index in [0.29, 0.717) is 21.5 Å². The van der Waals surface area contributed by atoms with Gasteiger partial charge in [-0.05, 0) is 37.6 Å². The van der Waals surface area contributed by atoms with Crippen molar-refractivity contribution in [3.8, 4) is 11.4 Å². The number of aromatic nitrogens is 2. The molecule has 170 valence electrons. The number of ether oxygens (including phenoxy) is 1. The Morgan fingerprint density at radius 1 is 1.06 bits per heavy atom. The number of benzene rings is 2. The lowest BCUT2D eigenvalue weighted by atomic mass is 10.2. The van der Waals surface area contributed by atoms with Crippen molar-refractivity contribution in [2.75, 3.05) is 11.5 Å². The summed E-state index contributed by atoms with van der Waals surface area (Å²) in [6.07, 6.45) is 3.78. The molecule has 0 unspecified atom stereocenters. The predicted octanol–water partition coefficient (Wildman–Crippen LogP) is 5.07. The molecule has 3 aromatic rings. The van der Waals surface area contributed by atoms with Gasteiger partial charge in [0.15, 0.2) is 4.32 Å². The van der Waals surface area contributed by atoms with E-state index < -0.39 is 0 Å². The van der Waals surface area contributed by atoms with Crippen molar-refractivity contribution in [2.45, 2.75) is 26.7 Å². The lowest BCUT2D eigenvalue weighted by Gasteiger charge is -2.12. The zero-order chi connectivity index (χ0) is 23.5. The van der Waals surface area contributed by atoms with Crippen molar-refractivity contribution >= 4 is 46.0 Å². The van der Waals surface area contributed by atoms with Gasteiger partial charge in [0.05, 0.1) is 22.9 Å². The van der Waals surface area contributed by atoms with Crippen LogP contribution in [0.5, 0.6) is 5.75 Å². The van der Waals surface area contributed by atoms with Crippen LogP contribution in [-0.2, 0) is 11.8 Å². The molecule has 1 aromatic heterocycles. The fourth-order valence-corrected chi connectivity index (χ4v) is 4.93. The van der Waals surface area contributed by atoms with Gasteiger partial charge in [-0.3, -0.25) is 19.2 Å². The summed E-state index contributed by atoms with van der Waals surface area (Å²) in [5.41, 5.74) is 2.17. The highest BCUT2D eigenvalue weighted by Gasteiger charge is 2.37. The highest BCUT2D eigenvalue weighted by atomic mass is 32.2. The number of para-hydroxylation sites is 2. The molecule has 0 atom stereocenters. The first-order chi connectivity index (χ1) is 15.9. The SMILES string of the molecule is CCCCOc1ccccc1C=C1SC(=S)N(c2c(C)n(C)n(-c3ccccc3)c2=O)C1=O. The molecule has 0 bridgehead atoms. The van der Waals surface area contributed by atoms with Crippen molar-refractivity contribution in [1.82, 2.24) is 9.36 Å². The smallest absolute Gasteiger partial charge is 0.296 e. The minimum Gasteiger partial charge on any atom is -0.493 e. The van der Waals surface area contributed by atoms with Crippen LogP contribution >= 0.6 is 24.0 Å². The maximum Gasteiger partial charge on any atom is 0.296 e. The molecule has 1 amide bonds. The van der Waals surface area contributed by atoms with Crippen molar-refractivity contribution in [3.63, 3.8) is 0 Å². The number of rotatable bonds is 7. The Balaban J connectivity index is 1.71. The number of hydrogen-bond acceptors (Lipinski definition) is 5. The number of amides is 1. The molecule has 2 aromatic carbocycles. The number of carbonyl (C=O) groups excluding carboxylic acids is 1. The second-order valence-corrected chi connectivity index (χ2v) is 9.34. The van der Waals surface area contributed by atoms with Crippen LogP contribution in [0.25, 0.3) is 11.8 Å². The third kappa shape index (κ3) is 4.41. The van der Waals surface area contributed by atoms with E-state index in [4.69, 9.17) is 17.0 Å². The van der Waals surface area contributed by atoms with Crippen LogP contribution in [0.3, 0.4) is 0 Å². The Morgan fingerprint density at radius 3 is 2.48 bits per heavy atom. The van der Waals surface area contributed by atoms with Gasteiger partial charge in [-0.1, -0.05) is 73.7 Å². The molecule has 0 saturated carbocycles. The summed E-state index contributed by atoms with van der Waals surface area (Å²) < 4.78 is 9.52. The first kappa shape index (κ1) is 23.1. The predicted molar refractivity (Wildman–Crippen MR) is 138 cm³/mol. The lowest BCUT2D eigenvalue weighted by molar-refractivity contribution is -0.113. The van der Waals surface area contributed by atoms with Gasteiger partial charge in [-0.25, -0.2) is 4.68 Å². The summed E-state index contributed by atoms with van der Waals surface area (Å²) in [5, 5.41) is 0.